The van der Waals surface area contributed by atoms with Crippen LogP contribution in [0.1, 0.15) is 43.5 Å². The molecule has 1 saturated heterocycles. The van der Waals surface area contributed by atoms with Crippen LogP contribution in [0.4, 0.5) is 10.5 Å². The third-order valence-corrected chi connectivity index (χ3v) is 6.07. The van der Waals surface area contributed by atoms with Crippen LogP contribution in [0.15, 0.2) is 36.7 Å². The highest BCUT2D eigenvalue weighted by molar-refractivity contribution is 5.97. The van der Waals surface area contributed by atoms with E-state index in [-0.39, 0.29) is 18.1 Å². The third-order valence-electron chi connectivity index (χ3n) is 6.07. The molecule has 31 heavy (non-hydrogen) atoms. The van der Waals surface area contributed by atoms with Crippen molar-refractivity contribution in [3.05, 3.63) is 48.0 Å². The highest BCUT2D eigenvalue weighted by Gasteiger charge is 2.34. The van der Waals surface area contributed by atoms with E-state index >= 15 is 0 Å². The molecule has 1 unspecified atom stereocenters. The zero-order chi connectivity index (χ0) is 21.6. The second kappa shape index (κ2) is 9.96. The Morgan fingerprint density at radius 3 is 2.87 bits per heavy atom. The Morgan fingerprint density at radius 1 is 1.26 bits per heavy atom. The summed E-state index contributed by atoms with van der Waals surface area (Å²) in [5.41, 5.74) is 1.78. The lowest BCUT2D eigenvalue weighted by Gasteiger charge is -2.35. The maximum absolute atomic E-state index is 13.0. The average Bonchev–Trinajstić information content (AvgIpc) is 3.19. The fourth-order valence-corrected chi connectivity index (χ4v) is 4.29. The molecule has 0 radical (unpaired) electrons. The van der Waals surface area contributed by atoms with Gasteiger partial charge in [0.05, 0.1) is 0 Å². The van der Waals surface area contributed by atoms with E-state index in [2.05, 4.69) is 20.2 Å². The number of ether oxygens (including phenoxy) is 1. The summed E-state index contributed by atoms with van der Waals surface area (Å²) in [6.45, 7) is 4.18. The molecule has 2 N–H and O–H groups in total. The fraction of sp³-hybridized carbons (Fsp3) is 0.522. The number of piperazine rings is 1. The molecule has 0 spiro atoms. The lowest BCUT2D eigenvalue weighted by atomic mass is 9.98. The van der Waals surface area contributed by atoms with E-state index in [1.807, 2.05) is 37.4 Å². The van der Waals surface area contributed by atoms with Gasteiger partial charge in [0.1, 0.15) is 18.0 Å². The summed E-state index contributed by atoms with van der Waals surface area (Å²) < 4.78 is 7.77. The van der Waals surface area contributed by atoms with E-state index in [0.29, 0.717) is 31.9 Å². The van der Waals surface area contributed by atoms with Gasteiger partial charge in [0.2, 0.25) is 5.91 Å². The van der Waals surface area contributed by atoms with Crippen molar-refractivity contribution in [2.75, 3.05) is 25.0 Å². The number of nitrogens with one attached hydrogen (secondary N) is 2. The summed E-state index contributed by atoms with van der Waals surface area (Å²) in [5, 5.41) is 6.20. The molecular weight excluding hydrogens is 394 g/mol. The smallest absolute Gasteiger partial charge is 0.410 e. The minimum Gasteiger partial charge on any atom is -0.446 e. The molecule has 2 fully saturated rings. The van der Waals surface area contributed by atoms with Crippen LogP contribution in [0.3, 0.4) is 0 Å². The van der Waals surface area contributed by atoms with Gasteiger partial charge in [-0.1, -0.05) is 18.6 Å². The highest BCUT2D eigenvalue weighted by atomic mass is 16.6. The molecule has 166 valence electrons. The molecule has 8 nitrogen and oxygen atoms in total. The number of anilines is 1. The minimum atomic E-state index is -0.593. The monoisotopic (exact) mass is 425 g/mol. The van der Waals surface area contributed by atoms with Crippen molar-refractivity contribution >= 4 is 17.7 Å². The van der Waals surface area contributed by atoms with Gasteiger partial charge in [-0.25, -0.2) is 9.78 Å². The predicted octanol–water partition coefficient (Wildman–Crippen LogP) is 2.92. The Morgan fingerprint density at radius 2 is 2.10 bits per heavy atom. The molecule has 1 aromatic carbocycles. The first kappa shape index (κ1) is 21.4. The van der Waals surface area contributed by atoms with Gasteiger partial charge in [-0.05, 0) is 50.3 Å². The summed E-state index contributed by atoms with van der Waals surface area (Å²) in [4.78, 5) is 31.6. The second-order valence-electron chi connectivity index (χ2n) is 8.35. The molecule has 8 heteroatoms. The molecule has 2 amide bonds. The molecule has 1 aromatic heterocycles. The molecule has 1 atom stereocenters. The van der Waals surface area contributed by atoms with Crippen LogP contribution in [0.25, 0.3) is 0 Å². The van der Waals surface area contributed by atoms with Crippen LogP contribution in [-0.4, -0.2) is 58.2 Å². The average molecular weight is 426 g/mol. The molecule has 1 aliphatic carbocycles. The number of aryl methyl sites for hydroxylation is 1. The summed E-state index contributed by atoms with van der Waals surface area (Å²) in [7, 11) is 0. The van der Waals surface area contributed by atoms with Crippen LogP contribution in [0.5, 0.6) is 0 Å². The first-order valence-electron chi connectivity index (χ1n) is 11.2. The predicted molar refractivity (Wildman–Crippen MR) is 118 cm³/mol. The number of carbonyl (C=O) groups is 2. The molecule has 2 heterocycles. The van der Waals surface area contributed by atoms with E-state index < -0.39 is 6.04 Å². The summed E-state index contributed by atoms with van der Waals surface area (Å²) in [6.07, 6.45) is 8.53. The largest absolute Gasteiger partial charge is 0.446 e. The number of nitrogens with zero attached hydrogens (tertiary/aromatic N) is 3. The van der Waals surface area contributed by atoms with Gasteiger partial charge in [0, 0.05) is 44.3 Å². The van der Waals surface area contributed by atoms with Crippen molar-refractivity contribution in [3.8, 4) is 0 Å². The number of imidazole rings is 1. The van der Waals surface area contributed by atoms with Gasteiger partial charge < -0.3 is 19.9 Å². The van der Waals surface area contributed by atoms with Gasteiger partial charge in [0.15, 0.2) is 0 Å². The standard InChI is InChI=1S/C23H31N5O3/c1-17-25-11-12-27(17)16-18-6-5-7-19(14-18)26-22(29)21-15-24-10-13-28(21)23(30)31-20-8-3-2-4-9-20/h5-7,11-12,14,20-21,24H,2-4,8-10,13,15-16H2,1H3,(H,26,29). The maximum Gasteiger partial charge on any atom is 0.410 e. The Kier molecular flexibility index (Phi) is 6.86. The minimum absolute atomic E-state index is 0.0249. The number of hydrogen-bond donors (Lipinski definition) is 2. The quantitative estimate of drug-likeness (QED) is 0.769. The molecule has 2 aromatic rings. The van der Waals surface area contributed by atoms with Crippen molar-refractivity contribution in [1.29, 1.82) is 0 Å². The molecule has 4 rings (SSSR count). The topological polar surface area (TPSA) is 88.5 Å². The van der Waals surface area contributed by atoms with Crippen LogP contribution in [0, 0.1) is 6.92 Å². The van der Waals surface area contributed by atoms with Gasteiger partial charge in [-0.3, -0.25) is 9.69 Å². The summed E-state index contributed by atoms with van der Waals surface area (Å²) >= 11 is 0. The maximum atomic E-state index is 13.0. The third kappa shape index (κ3) is 5.44. The van der Waals surface area contributed by atoms with E-state index in [1.54, 1.807) is 11.1 Å². The first-order valence-corrected chi connectivity index (χ1v) is 11.2. The van der Waals surface area contributed by atoms with Gasteiger partial charge in [-0.2, -0.15) is 0 Å². The number of amides is 2. The van der Waals surface area contributed by atoms with Gasteiger partial charge in [0.25, 0.3) is 0 Å². The Labute approximate surface area is 183 Å². The molecular formula is C23H31N5O3. The van der Waals surface area contributed by atoms with Crippen molar-refractivity contribution in [2.45, 2.75) is 57.7 Å². The van der Waals surface area contributed by atoms with E-state index in [4.69, 9.17) is 4.74 Å². The van der Waals surface area contributed by atoms with Crippen molar-refractivity contribution in [2.24, 2.45) is 0 Å². The lowest BCUT2D eigenvalue weighted by molar-refractivity contribution is -0.121. The normalized spacial score (nSPS) is 19.8. The molecule has 1 aliphatic heterocycles. The van der Waals surface area contributed by atoms with Crippen molar-refractivity contribution in [1.82, 2.24) is 19.8 Å². The number of aromatic nitrogens is 2. The van der Waals surface area contributed by atoms with Crippen LogP contribution in [-0.2, 0) is 16.1 Å². The van der Waals surface area contributed by atoms with Gasteiger partial charge in [-0.15, -0.1) is 0 Å². The van der Waals surface area contributed by atoms with Crippen molar-refractivity contribution < 1.29 is 14.3 Å². The molecule has 0 bridgehead atoms. The SMILES string of the molecule is Cc1nccn1Cc1cccc(NC(=O)C2CNCCN2C(=O)OC2CCCCC2)c1. The highest BCUT2D eigenvalue weighted by Crippen LogP contribution is 2.22. The Hall–Kier alpha value is -2.87. The van der Waals surface area contributed by atoms with E-state index in [9.17, 15) is 9.59 Å². The summed E-state index contributed by atoms with van der Waals surface area (Å²) in [5.74, 6) is 0.735. The van der Waals surface area contributed by atoms with Gasteiger partial charge >= 0.3 is 6.09 Å². The zero-order valence-corrected chi connectivity index (χ0v) is 18.0. The Balaban J connectivity index is 1.39. The number of carbonyl (C=O) groups excluding carboxylic acids is 2. The lowest BCUT2D eigenvalue weighted by Crippen LogP contribution is -2.58. The van der Waals surface area contributed by atoms with Crippen LogP contribution in [0.2, 0.25) is 0 Å². The van der Waals surface area contributed by atoms with Crippen LogP contribution < -0.4 is 10.6 Å². The van der Waals surface area contributed by atoms with E-state index in [1.165, 1.54) is 6.42 Å². The van der Waals surface area contributed by atoms with Crippen molar-refractivity contribution in [3.63, 3.8) is 0 Å². The van der Waals surface area contributed by atoms with E-state index in [0.717, 1.165) is 37.1 Å². The van der Waals surface area contributed by atoms with Crippen LogP contribution >= 0.6 is 0 Å². The Bertz CT molecular complexity index is 906. The zero-order valence-electron chi connectivity index (χ0n) is 18.0. The molecule has 1 saturated carbocycles. The number of benzene rings is 1. The first-order chi connectivity index (χ1) is 15.1. The number of hydrogen-bond acceptors (Lipinski definition) is 5. The number of rotatable bonds is 5. The fourth-order valence-electron chi connectivity index (χ4n) is 4.29. The molecule has 2 aliphatic rings. The summed E-state index contributed by atoms with van der Waals surface area (Å²) in [6, 6.07) is 7.17. The second-order valence-corrected chi connectivity index (χ2v) is 8.35.